The molecule has 1 heterocycles. The van der Waals surface area contributed by atoms with Gasteiger partial charge in [-0.15, -0.1) is 0 Å². The van der Waals surface area contributed by atoms with E-state index in [1.807, 2.05) is 0 Å². The molecule has 2 aromatic rings. The van der Waals surface area contributed by atoms with Crippen LogP contribution in [0.3, 0.4) is 0 Å². The highest BCUT2D eigenvalue weighted by atomic mass is 16.5. The van der Waals surface area contributed by atoms with Crippen molar-refractivity contribution < 1.29 is 19.1 Å². The number of hydrogen-bond acceptors (Lipinski definition) is 4. The van der Waals surface area contributed by atoms with Gasteiger partial charge in [0, 0.05) is 6.92 Å². The average Bonchev–Trinajstić information content (AvgIpc) is 2.55. The molecular formula is C10H9NO4. The SMILES string of the molecule is COc1c(C(=O)O)ccc2oc(C)nc12. The predicted molar refractivity (Wildman–Crippen MR) is 52.3 cm³/mol. The summed E-state index contributed by atoms with van der Waals surface area (Å²) in [4.78, 5) is 15.0. The maximum absolute atomic E-state index is 10.9. The van der Waals surface area contributed by atoms with Crippen molar-refractivity contribution in [2.24, 2.45) is 0 Å². The fourth-order valence-corrected chi connectivity index (χ4v) is 1.46. The van der Waals surface area contributed by atoms with Gasteiger partial charge in [0.15, 0.2) is 22.7 Å². The average molecular weight is 207 g/mol. The topological polar surface area (TPSA) is 72.6 Å². The first-order valence-electron chi connectivity index (χ1n) is 4.31. The van der Waals surface area contributed by atoms with E-state index in [2.05, 4.69) is 4.98 Å². The Balaban J connectivity index is 2.80. The van der Waals surface area contributed by atoms with E-state index >= 15 is 0 Å². The van der Waals surface area contributed by atoms with Gasteiger partial charge in [0.1, 0.15) is 5.56 Å². The number of oxazole rings is 1. The molecule has 1 N–H and O–H groups in total. The van der Waals surface area contributed by atoms with Crippen molar-refractivity contribution >= 4 is 17.1 Å². The number of fused-ring (bicyclic) bond motifs is 1. The molecular weight excluding hydrogens is 198 g/mol. The third-order valence-electron chi connectivity index (χ3n) is 2.06. The van der Waals surface area contributed by atoms with Gasteiger partial charge in [0.2, 0.25) is 0 Å². The number of hydrogen-bond donors (Lipinski definition) is 1. The molecule has 0 saturated heterocycles. The number of carbonyl (C=O) groups is 1. The molecule has 78 valence electrons. The molecule has 0 fully saturated rings. The molecule has 0 atom stereocenters. The molecule has 1 aromatic carbocycles. The van der Waals surface area contributed by atoms with Gasteiger partial charge < -0.3 is 14.3 Å². The zero-order valence-corrected chi connectivity index (χ0v) is 8.27. The van der Waals surface area contributed by atoms with E-state index in [0.717, 1.165) is 0 Å². The quantitative estimate of drug-likeness (QED) is 0.813. The summed E-state index contributed by atoms with van der Waals surface area (Å²) < 4.78 is 10.3. The van der Waals surface area contributed by atoms with Crippen LogP contribution in [0.15, 0.2) is 16.5 Å². The van der Waals surface area contributed by atoms with E-state index in [1.165, 1.54) is 13.2 Å². The van der Waals surface area contributed by atoms with Crippen molar-refractivity contribution in [2.45, 2.75) is 6.92 Å². The molecule has 0 unspecified atom stereocenters. The number of aromatic carboxylic acids is 1. The van der Waals surface area contributed by atoms with Crippen molar-refractivity contribution in [3.63, 3.8) is 0 Å². The van der Waals surface area contributed by atoms with E-state index in [9.17, 15) is 4.79 Å². The molecule has 15 heavy (non-hydrogen) atoms. The Morgan fingerprint density at radius 2 is 2.27 bits per heavy atom. The van der Waals surface area contributed by atoms with Gasteiger partial charge in [-0.25, -0.2) is 9.78 Å². The van der Waals surface area contributed by atoms with Crippen LogP contribution in [0, 0.1) is 6.92 Å². The summed E-state index contributed by atoms with van der Waals surface area (Å²) in [6.45, 7) is 1.69. The van der Waals surface area contributed by atoms with Gasteiger partial charge in [0.05, 0.1) is 7.11 Å². The van der Waals surface area contributed by atoms with Crippen LogP contribution in [0.25, 0.3) is 11.1 Å². The van der Waals surface area contributed by atoms with Crippen LogP contribution >= 0.6 is 0 Å². The van der Waals surface area contributed by atoms with E-state index in [1.54, 1.807) is 13.0 Å². The third kappa shape index (κ3) is 1.41. The van der Waals surface area contributed by atoms with Crippen LogP contribution in [0.5, 0.6) is 5.75 Å². The zero-order valence-electron chi connectivity index (χ0n) is 8.27. The molecule has 0 aliphatic rings. The predicted octanol–water partition coefficient (Wildman–Crippen LogP) is 1.84. The highest BCUT2D eigenvalue weighted by molar-refractivity contribution is 5.97. The fourth-order valence-electron chi connectivity index (χ4n) is 1.46. The molecule has 0 aliphatic heterocycles. The van der Waals surface area contributed by atoms with E-state index in [4.69, 9.17) is 14.3 Å². The molecule has 0 bridgehead atoms. The lowest BCUT2D eigenvalue weighted by Gasteiger charge is -2.03. The molecule has 0 radical (unpaired) electrons. The van der Waals surface area contributed by atoms with Crippen LogP contribution in [0.4, 0.5) is 0 Å². The lowest BCUT2D eigenvalue weighted by molar-refractivity contribution is 0.0693. The third-order valence-corrected chi connectivity index (χ3v) is 2.06. The van der Waals surface area contributed by atoms with Crippen molar-refractivity contribution in [3.05, 3.63) is 23.6 Å². The van der Waals surface area contributed by atoms with E-state index in [0.29, 0.717) is 17.0 Å². The summed E-state index contributed by atoms with van der Waals surface area (Å²) in [5, 5.41) is 8.92. The number of carboxylic acids is 1. The number of carboxylic acid groups (broad SMARTS) is 1. The Kier molecular flexibility index (Phi) is 2.07. The second-order valence-corrected chi connectivity index (χ2v) is 3.03. The van der Waals surface area contributed by atoms with Crippen molar-refractivity contribution in [1.29, 1.82) is 0 Å². The minimum Gasteiger partial charge on any atom is -0.493 e. The van der Waals surface area contributed by atoms with Gasteiger partial charge in [-0.3, -0.25) is 0 Å². The highest BCUT2D eigenvalue weighted by Gasteiger charge is 2.17. The monoisotopic (exact) mass is 207 g/mol. The largest absolute Gasteiger partial charge is 0.493 e. The zero-order chi connectivity index (χ0) is 11.0. The molecule has 0 amide bonds. The minimum atomic E-state index is -1.05. The second kappa shape index (κ2) is 3.27. The standard InChI is InChI=1S/C10H9NO4/c1-5-11-8-7(15-5)4-3-6(10(12)13)9(8)14-2/h3-4H,1-2H3,(H,12,13). The van der Waals surface area contributed by atoms with Crippen LogP contribution in [-0.2, 0) is 0 Å². The van der Waals surface area contributed by atoms with Gasteiger partial charge in [-0.2, -0.15) is 0 Å². The number of nitrogens with zero attached hydrogens (tertiary/aromatic N) is 1. The lowest BCUT2D eigenvalue weighted by atomic mass is 10.2. The smallest absolute Gasteiger partial charge is 0.339 e. The summed E-state index contributed by atoms with van der Waals surface area (Å²) in [6.07, 6.45) is 0. The summed E-state index contributed by atoms with van der Waals surface area (Å²) in [5.41, 5.74) is 1.04. The van der Waals surface area contributed by atoms with Crippen LogP contribution < -0.4 is 4.74 Å². The number of rotatable bonds is 2. The van der Waals surface area contributed by atoms with Crippen molar-refractivity contribution in [1.82, 2.24) is 4.98 Å². The first-order valence-corrected chi connectivity index (χ1v) is 4.31. The molecule has 5 heteroatoms. The number of methoxy groups -OCH3 is 1. The normalized spacial score (nSPS) is 10.5. The molecule has 0 saturated carbocycles. The summed E-state index contributed by atoms with van der Waals surface area (Å²) in [7, 11) is 1.41. The first-order chi connectivity index (χ1) is 7.13. The van der Waals surface area contributed by atoms with Gasteiger partial charge >= 0.3 is 5.97 Å². The summed E-state index contributed by atoms with van der Waals surface area (Å²) >= 11 is 0. The van der Waals surface area contributed by atoms with Gasteiger partial charge in [-0.05, 0) is 12.1 Å². The Hall–Kier alpha value is -2.04. The molecule has 2 rings (SSSR count). The molecule has 0 spiro atoms. The molecule has 5 nitrogen and oxygen atoms in total. The highest BCUT2D eigenvalue weighted by Crippen LogP contribution is 2.29. The molecule has 1 aromatic heterocycles. The van der Waals surface area contributed by atoms with Gasteiger partial charge in [-0.1, -0.05) is 0 Å². The Morgan fingerprint density at radius 3 is 2.87 bits per heavy atom. The summed E-state index contributed by atoms with van der Waals surface area (Å²) in [5.74, 6) is -0.336. The maximum Gasteiger partial charge on any atom is 0.339 e. The maximum atomic E-state index is 10.9. The number of aryl methyl sites for hydroxylation is 1. The van der Waals surface area contributed by atoms with Crippen LogP contribution in [-0.4, -0.2) is 23.2 Å². The fraction of sp³-hybridized carbons (Fsp3) is 0.200. The van der Waals surface area contributed by atoms with Crippen LogP contribution in [0.2, 0.25) is 0 Å². The minimum absolute atomic E-state index is 0.0818. The lowest BCUT2D eigenvalue weighted by Crippen LogP contribution is -2.00. The molecule has 0 aliphatic carbocycles. The number of benzene rings is 1. The van der Waals surface area contributed by atoms with Crippen molar-refractivity contribution in [3.8, 4) is 5.75 Å². The Labute approximate surface area is 85.3 Å². The van der Waals surface area contributed by atoms with Crippen LogP contribution in [0.1, 0.15) is 16.2 Å². The Bertz CT molecular complexity index is 529. The van der Waals surface area contributed by atoms with Gasteiger partial charge in [0.25, 0.3) is 0 Å². The number of ether oxygens (including phenoxy) is 1. The first kappa shape index (κ1) is 9.51. The number of aromatic nitrogens is 1. The Morgan fingerprint density at radius 1 is 1.53 bits per heavy atom. The van der Waals surface area contributed by atoms with E-state index in [-0.39, 0.29) is 11.3 Å². The summed E-state index contributed by atoms with van der Waals surface area (Å²) in [6, 6.07) is 3.01. The second-order valence-electron chi connectivity index (χ2n) is 3.03. The van der Waals surface area contributed by atoms with E-state index < -0.39 is 5.97 Å². The van der Waals surface area contributed by atoms with Crippen molar-refractivity contribution in [2.75, 3.05) is 7.11 Å².